The molecule has 0 bridgehead atoms. The van der Waals surface area contributed by atoms with Crippen molar-refractivity contribution >= 4 is 0 Å². The molecule has 0 fully saturated rings. The Hall–Kier alpha value is -0.120. The first kappa shape index (κ1) is 14.4. The Morgan fingerprint density at radius 2 is 1.58 bits per heavy atom. The third-order valence-electron chi connectivity index (χ3n) is 1.22. The predicted octanol–water partition coefficient (Wildman–Crippen LogP) is 1.53. The maximum Gasteiger partial charge on any atom is 0.151 e. The SMILES string of the molecule is CCCCC(O)O.CCOCC. The summed E-state index contributed by atoms with van der Waals surface area (Å²) in [4.78, 5) is 0. The zero-order valence-electron chi connectivity index (χ0n) is 8.42. The average molecular weight is 178 g/mol. The molecule has 3 nitrogen and oxygen atoms in total. The number of unbranched alkanes of at least 4 members (excludes halogenated alkanes) is 1. The maximum absolute atomic E-state index is 8.24. The number of aliphatic hydroxyl groups excluding tert-OH is 1. The monoisotopic (exact) mass is 178 g/mol. The van der Waals surface area contributed by atoms with Crippen molar-refractivity contribution in [3.05, 3.63) is 0 Å². The second-order valence-electron chi connectivity index (χ2n) is 2.40. The Kier molecular flexibility index (Phi) is 16.2. The van der Waals surface area contributed by atoms with Crippen molar-refractivity contribution in [2.75, 3.05) is 13.2 Å². The van der Waals surface area contributed by atoms with Gasteiger partial charge in [-0.2, -0.15) is 0 Å². The van der Waals surface area contributed by atoms with Crippen molar-refractivity contribution in [1.82, 2.24) is 0 Å². The van der Waals surface area contributed by atoms with Crippen LogP contribution in [0.3, 0.4) is 0 Å². The molecule has 0 saturated carbocycles. The van der Waals surface area contributed by atoms with Crippen LogP contribution in [0.1, 0.15) is 40.0 Å². The molecule has 0 aliphatic carbocycles. The van der Waals surface area contributed by atoms with E-state index >= 15 is 0 Å². The van der Waals surface area contributed by atoms with E-state index in [1.165, 1.54) is 0 Å². The fourth-order valence-corrected chi connectivity index (χ4v) is 0.591. The molecule has 0 unspecified atom stereocenters. The van der Waals surface area contributed by atoms with E-state index in [4.69, 9.17) is 14.9 Å². The topological polar surface area (TPSA) is 49.7 Å². The van der Waals surface area contributed by atoms with E-state index in [1.807, 2.05) is 20.8 Å². The molecule has 0 saturated heterocycles. The smallest absolute Gasteiger partial charge is 0.151 e. The summed E-state index contributed by atoms with van der Waals surface area (Å²) in [6, 6.07) is 0. The first-order valence-corrected chi connectivity index (χ1v) is 4.62. The molecule has 2 N–H and O–H groups in total. The van der Waals surface area contributed by atoms with Crippen molar-refractivity contribution in [2.24, 2.45) is 0 Å². The van der Waals surface area contributed by atoms with Crippen LogP contribution in [0.2, 0.25) is 0 Å². The van der Waals surface area contributed by atoms with Gasteiger partial charge in [-0.05, 0) is 26.7 Å². The second kappa shape index (κ2) is 13.5. The molecule has 0 spiro atoms. The van der Waals surface area contributed by atoms with Gasteiger partial charge < -0.3 is 14.9 Å². The minimum atomic E-state index is -1.10. The van der Waals surface area contributed by atoms with Gasteiger partial charge in [0.15, 0.2) is 6.29 Å². The Morgan fingerprint density at radius 1 is 1.08 bits per heavy atom. The second-order valence-corrected chi connectivity index (χ2v) is 2.40. The molecule has 12 heavy (non-hydrogen) atoms. The van der Waals surface area contributed by atoms with E-state index in [-0.39, 0.29) is 0 Å². The van der Waals surface area contributed by atoms with Crippen LogP contribution < -0.4 is 0 Å². The Morgan fingerprint density at radius 3 is 1.67 bits per heavy atom. The molecule has 0 amide bonds. The van der Waals surface area contributed by atoms with E-state index in [0.29, 0.717) is 6.42 Å². The Labute approximate surface area is 75.4 Å². The highest BCUT2D eigenvalue weighted by Gasteiger charge is 1.92. The lowest BCUT2D eigenvalue weighted by molar-refractivity contribution is -0.0463. The standard InChI is InChI=1S/C5H12O2.C4H10O/c1-2-3-4-5(6)7;1-3-5-4-2/h5-7H,2-4H2,1H3;3-4H2,1-2H3. The normalized spacial score (nSPS) is 9.50. The van der Waals surface area contributed by atoms with Crippen LogP contribution in [-0.4, -0.2) is 29.7 Å². The summed E-state index contributed by atoms with van der Waals surface area (Å²) in [5, 5.41) is 16.5. The largest absolute Gasteiger partial charge is 0.382 e. The Balaban J connectivity index is 0. The van der Waals surface area contributed by atoms with Crippen molar-refractivity contribution < 1.29 is 14.9 Å². The first-order chi connectivity index (χ1) is 5.68. The van der Waals surface area contributed by atoms with Crippen LogP contribution in [0.5, 0.6) is 0 Å². The van der Waals surface area contributed by atoms with Gasteiger partial charge >= 0.3 is 0 Å². The van der Waals surface area contributed by atoms with Gasteiger partial charge in [-0.25, -0.2) is 0 Å². The summed E-state index contributed by atoms with van der Waals surface area (Å²) in [6.07, 6.45) is 1.34. The number of ether oxygens (including phenoxy) is 1. The molecule has 0 radical (unpaired) electrons. The van der Waals surface area contributed by atoms with Crippen molar-refractivity contribution in [2.45, 2.75) is 46.3 Å². The van der Waals surface area contributed by atoms with Gasteiger partial charge in [0.25, 0.3) is 0 Å². The van der Waals surface area contributed by atoms with Gasteiger partial charge in [-0.1, -0.05) is 13.3 Å². The lowest BCUT2D eigenvalue weighted by atomic mass is 10.2. The summed E-state index contributed by atoms with van der Waals surface area (Å²) >= 11 is 0. The molecule has 0 rings (SSSR count). The molecular weight excluding hydrogens is 156 g/mol. The van der Waals surface area contributed by atoms with Crippen molar-refractivity contribution in [1.29, 1.82) is 0 Å². The average Bonchev–Trinajstić information content (AvgIpc) is 2.03. The maximum atomic E-state index is 8.24. The van der Waals surface area contributed by atoms with E-state index in [0.717, 1.165) is 26.1 Å². The van der Waals surface area contributed by atoms with Crippen molar-refractivity contribution in [3.63, 3.8) is 0 Å². The minimum Gasteiger partial charge on any atom is -0.382 e. The summed E-state index contributed by atoms with van der Waals surface area (Å²) in [6.45, 7) is 7.68. The molecule has 3 heteroatoms. The van der Waals surface area contributed by atoms with Gasteiger partial charge in [-0.3, -0.25) is 0 Å². The van der Waals surface area contributed by atoms with Crippen LogP contribution in [0.25, 0.3) is 0 Å². The fourth-order valence-electron chi connectivity index (χ4n) is 0.591. The van der Waals surface area contributed by atoms with Gasteiger partial charge in [0.2, 0.25) is 0 Å². The molecule has 0 aromatic rings. The van der Waals surface area contributed by atoms with E-state index in [2.05, 4.69) is 0 Å². The molecule has 0 atom stereocenters. The minimum absolute atomic E-state index is 0.510. The van der Waals surface area contributed by atoms with E-state index in [9.17, 15) is 0 Å². The summed E-state index contributed by atoms with van der Waals surface area (Å²) < 4.78 is 4.83. The lowest BCUT2D eigenvalue weighted by Gasteiger charge is -1.97. The molecular formula is C9H22O3. The highest BCUT2D eigenvalue weighted by atomic mass is 16.5. The molecule has 0 aliphatic heterocycles. The highest BCUT2D eigenvalue weighted by molar-refractivity contribution is 4.36. The van der Waals surface area contributed by atoms with Gasteiger partial charge in [-0.15, -0.1) is 0 Å². The molecule has 0 aromatic heterocycles. The first-order valence-electron chi connectivity index (χ1n) is 4.62. The third kappa shape index (κ3) is 22.5. The highest BCUT2D eigenvalue weighted by Crippen LogP contribution is 1.95. The van der Waals surface area contributed by atoms with Crippen molar-refractivity contribution in [3.8, 4) is 0 Å². The summed E-state index contributed by atoms with van der Waals surface area (Å²) in [5.41, 5.74) is 0. The molecule has 0 aliphatic rings. The van der Waals surface area contributed by atoms with E-state index < -0.39 is 6.29 Å². The zero-order valence-corrected chi connectivity index (χ0v) is 8.42. The molecule has 0 heterocycles. The lowest BCUT2D eigenvalue weighted by Crippen LogP contribution is -2.02. The molecule has 76 valence electrons. The number of aliphatic hydroxyl groups is 2. The van der Waals surface area contributed by atoms with Crippen LogP contribution in [0.4, 0.5) is 0 Å². The predicted molar refractivity (Wildman–Crippen MR) is 49.9 cm³/mol. The fraction of sp³-hybridized carbons (Fsp3) is 1.00. The number of hydrogen-bond donors (Lipinski definition) is 2. The van der Waals surface area contributed by atoms with Crippen LogP contribution in [0.15, 0.2) is 0 Å². The van der Waals surface area contributed by atoms with Gasteiger partial charge in [0.1, 0.15) is 0 Å². The van der Waals surface area contributed by atoms with Crippen LogP contribution in [0, 0.1) is 0 Å². The zero-order chi connectivity index (χ0) is 9.82. The van der Waals surface area contributed by atoms with Crippen LogP contribution >= 0.6 is 0 Å². The number of rotatable bonds is 5. The quantitative estimate of drug-likeness (QED) is 0.628. The van der Waals surface area contributed by atoms with Gasteiger partial charge in [0, 0.05) is 13.2 Å². The van der Waals surface area contributed by atoms with Gasteiger partial charge in [0.05, 0.1) is 0 Å². The van der Waals surface area contributed by atoms with E-state index in [1.54, 1.807) is 0 Å². The summed E-state index contributed by atoms with van der Waals surface area (Å²) in [7, 11) is 0. The Bertz CT molecular complexity index is 62.8. The third-order valence-corrected chi connectivity index (χ3v) is 1.22. The summed E-state index contributed by atoms with van der Waals surface area (Å²) in [5.74, 6) is 0. The number of hydrogen-bond acceptors (Lipinski definition) is 3. The molecule has 0 aromatic carbocycles. The van der Waals surface area contributed by atoms with Crippen LogP contribution in [-0.2, 0) is 4.74 Å².